The van der Waals surface area contributed by atoms with E-state index in [-0.39, 0.29) is 0 Å². The zero-order chi connectivity index (χ0) is 10.0. The molecule has 1 aromatic heterocycles. The molecule has 0 saturated heterocycles. The summed E-state index contributed by atoms with van der Waals surface area (Å²) in [6.45, 7) is 2.54. The van der Waals surface area contributed by atoms with Crippen molar-refractivity contribution >= 4 is 11.3 Å². The molecule has 1 aliphatic carbocycles. The van der Waals surface area contributed by atoms with E-state index in [0.717, 1.165) is 5.56 Å². The van der Waals surface area contributed by atoms with Gasteiger partial charge in [0.2, 0.25) is 0 Å². The number of hydrogen-bond acceptors (Lipinski definition) is 3. The summed E-state index contributed by atoms with van der Waals surface area (Å²) in [5, 5.41) is 17.6. The van der Waals surface area contributed by atoms with Gasteiger partial charge in [0.15, 0.2) is 0 Å². The van der Waals surface area contributed by atoms with Crippen molar-refractivity contribution in [2.24, 2.45) is 0 Å². The Balaban J connectivity index is 1.88. The van der Waals surface area contributed by atoms with Gasteiger partial charge in [-0.1, -0.05) is 6.42 Å². The summed E-state index contributed by atoms with van der Waals surface area (Å²) in [6, 6.07) is 2.63. The second kappa shape index (κ2) is 4.01. The Morgan fingerprint density at radius 1 is 1.64 bits per heavy atom. The maximum atomic E-state index is 10.2. The summed E-state index contributed by atoms with van der Waals surface area (Å²) < 4.78 is 0. The summed E-state index contributed by atoms with van der Waals surface area (Å²) in [4.78, 5) is 0. The molecule has 0 aliphatic heterocycles. The van der Waals surface area contributed by atoms with Crippen LogP contribution in [0.5, 0.6) is 0 Å². The van der Waals surface area contributed by atoms with Crippen molar-refractivity contribution in [2.45, 2.75) is 37.8 Å². The molecule has 1 saturated carbocycles. The molecule has 1 fully saturated rings. The molecule has 0 bridgehead atoms. The first kappa shape index (κ1) is 10.1. The molecule has 2 N–H and O–H groups in total. The van der Waals surface area contributed by atoms with E-state index in [1.807, 2.05) is 23.8 Å². The van der Waals surface area contributed by atoms with Crippen LogP contribution >= 0.6 is 11.3 Å². The molecule has 0 aromatic carbocycles. The van der Waals surface area contributed by atoms with Crippen LogP contribution in [0, 0.1) is 0 Å². The maximum absolute atomic E-state index is 10.2. The van der Waals surface area contributed by atoms with E-state index < -0.39 is 5.60 Å². The lowest BCUT2D eigenvalue weighted by Gasteiger charge is -2.31. The minimum atomic E-state index is -0.713. The van der Waals surface area contributed by atoms with Crippen LogP contribution < -0.4 is 5.32 Å². The Hall–Kier alpha value is -0.380. The predicted molar refractivity (Wildman–Crippen MR) is 59.5 cm³/mol. The average Bonchev–Trinajstić information content (AvgIpc) is 2.52. The largest absolute Gasteiger partial charge is 0.384 e. The van der Waals surface area contributed by atoms with Crippen LogP contribution in [0.3, 0.4) is 0 Å². The summed E-state index contributed by atoms with van der Waals surface area (Å²) in [6.07, 6.45) is 3.86. The number of nitrogens with one attached hydrogen (secondary N) is 1. The maximum Gasteiger partial charge on any atom is 0.1000 e. The Morgan fingerprint density at radius 3 is 2.93 bits per heavy atom. The van der Waals surface area contributed by atoms with Crippen LogP contribution in [0.4, 0.5) is 0 Å². The minimum Gasteiger partial charge on any atom is -0.384 e. The zero-order valence-corrected chi connectivity index (χ0v) is 9.31. The Kier molecular flexibility index (Phi) is 2.91. The topological polar surface area (TPSA) is 32.3 Å². The monoisotopic (exact) mass is 211 g/mol. The van der Waals surface area contributed by atoms with Gasteiger partial charge in [-0.25, -0.2) is 0 Å². The molecular weight excluding hydrogens is 194 g/mol. The normalized spacial score (nSPS) is 21.6. The molecule has 2 rings (SSSR count). The second-order valence-electron chi connectivity index (χ2n) is 4.29. The summed E-state index contributed by atoms with van der Waals surface area (Å²) in [5.41, 5.74) is 0.310. The van der Waals surface area contributed by atoms with E-state index in [9.17, 15) is 5.11 Å². The van der Waals surface area contributed by atoms with E-state index >= 15 is 0 Å². The van der Waals surface area contributed by atoms with Gasteiger partial charge in [-0.2, -0.15) is 11.3 Å². The van der Waals surface area contributed by atoms with Crippen molar-refractivity contribution in [1.82, 2.24) is 5.32 Å². The molecule has 1 aliphatic rings. The lowest BCUT2D eigenvalue weighted by atomic mass is 9.91. The van der Waals surface area contributed by atoms with Crippen molar-refractivity contribution < 1.29 is 5.11 Å². The molecule has 1 aromatic rings. The number of hydrogen-bond donors (Lipinski definition) is 2. The van der Waals surface area contributed by atoms with E-state index in [1.165, 1.54) is 19.3 Å². The van der Waals surface area contributed by atoms with E-state index in [4.69, 9.17) is 0 Å². The van der Waals surface area contributed by atoms with Crippen molar-refractivity contribution in [1.29, 1.82) is 0 Å². The molecular formula is C11H17NOS. The van der Waals surface area contributed by atoms with Crippen molar-refractivity contribution in [3.63, 3.8) is 0 Å². The highest BCUT2D eigenvalue weighted by Gasteiger charge is 2.26. The summed E-state index contributed by atoms with van der Waals surface area (Å²) in [5.74, 6) is 0. The van der Waals surface area contributed by atoms with Crippen molar-refractivity contribution in [2.75, 3.05) is 6.54 Å². The zero-order valence-electron chi connectivity index (χ0n) is 8.49. The molecule has 0 radical (unpaired) electrons. The third-order valence-electron chi connectivity index (χ3n) is 2.98. The number of aliphatic hydroxyl groups is 1. The van der Waals surface area contributed by atoms with Crippen LogP contribution in [0.25, 0.3) is 0 Å². The molecule has 0 amide bonds. The van der Waals surface area contributed by atoms with Crippen LogP contribution in [0.15, 0.2) is 16.8 Å². The molecule has 78 valence electrons. The van der Waals surface area contributed by atoms with Gasteiger partial charge in [-0.3, -0.25) is 0 Å². The van der Waals surface area contributed by atoms with Crippen molar-refractivity contribution in [3.8, 4) is 0 Å². The first-order chi connectivity index (χ1) is 6.68. The lowest BCUT2D eigenvalue weighted by molar-refractivity contribution is 0.0507. The highest BCUT2D eigenvalue weighted by Crippen LogP contribution is 2.24. The molecule has 3 heteroatoms. The third kappa shape index (κ3) is 2.16. The minimum absolute atomic E-state index is 0.639. The fourth-order valence-corrected chi connectivity index (χ4v) is 2.41. The predicted octanol–water partition coefficient (Wildman–Crippen LogP) is 2.10. The fraction of sp³-hybridized carbons (Fsp3) is 0.636. The van der Waals surface area contributed by atoms with Crippen LogP contribution in [0.2, 0.25) is 0 Å². The molecule has 1 heterocycles. The molecule has 0 spiro atoms. The number of thiophene rings is 1. The fourth-order valence-electron chi connectivity index (χ4n) is 1.63. The molecule has 1 unspecified atom stereocenters. The van der Waals surface area contributed by atoms with Gasteiger partial charge in [0, 0.05) is 12.6 Å². The van der Waals surface area contributed by atoms with Gasteiger partial charge in [0.1, 0.15) is 0 Å². The quantitative estimate of drug-likeness (QED) is 0.799. The second-order valence-corrected chi connectivity index (χ2v) is 5.07. The Labute approximate surface area is 89.0 Å². The highest BCUT2D eigenvalue weighted by molar-refractivity contribution is 7.08. The summed E-state index contributed by atoms with van der Waals surface area (Å²) >= 11 is 1.63. The van der Waals surface area contributed by atoms with Crippen LogP contribution in [-0.4, -0.2) is 17.7 Å². The van der Waals surface area contributed by atoms with E-state index in [1.54, 1.807) is 11.3 Å². The third-order valence-corrected chi connectivity index (χ3v) is 3.67. The smallest absolute Gasteiger partial charge is 0.1000 e. The first-order valence-corrected chi connectivity index (χ1v) is 6.11. The molecule has 1 atom stereocenters. The highest BCUT2D eigenvalue weighted by atomic mass is 32.1. The van der Waals surface area contributed by atoms with Crippen molar-refractivity contribution in [3.05, 3.63) is 22.4 Å². The van der Waals surface area contributed by atoms with Crippen LogP contribution in [-0.2, 0) is 5.60 Å². The first-order valence-electron chi connectivity index (χ1n) is 5.17. The van der Waals surface area contributed by atoms with Gasteiger partial charge in [0.25, 0.3) is 0 Å². The average molecular weight is 211 g/mol. The van der Waals surface area contributed by atoms with Gasteiger partial charge >= 0.3 is 0 Å². The van der Waals surface area contributed by atoms with Crippen LogP contribution in [0.1, 0.15) is 31.7 Å². The lowest BCUT2D eigenvalue weighted by Crippen LogP contribution is -2.43. The SMILES string of the molecule is CC(O)(CNC1CCC1)c1ccsc1. The summed E-state index contributed by atoms with van der Waals surface area (Å²) in [7, 11) is 0. The molecule has 14 heavy (non-hydrogen) atoms. The molecule has 2 nitrogen and oxygen atoms in total. The number of rotatable bonds is 4. The standard InChI is InChI=1S/C11H17NOS/c1-11(13,9-5-6-14-7-9)8-12-10-3-2-4-10/h5-7,10,12-13H,2-4,8H2,1H3. The van der Waals surface area contributed by atoms with Gasteiger partial charge in [-0.05, 0) is 42.2 Å². The van der Waals surface area contributed by atoms with E-state index in [2.05, 4.69) is 5.32 Å². The van der Waals surface area contributed by atoms with Gasteiger partial charge < -0.3 is 10.4 Å². The Bertz CT molecular complexity index is 277. The van der Waals surface area contributed by atoms with E-state index in [0.29, 0.717) is 12.6 Å². The Morgan fingerprint density at radius 2 is 2.43 bits per heavy atom. The van der Waals surface area contributed by atoms with Gasteiger partial charge in [0.05, 0.1) is 5.60 Å². The van der Waals surface area contributed by atoms with Gasteiger partial charge in [-0.15, -0.1) is 0 Å².